The molecule has 4 rings (SSSR count). The predicted octanol–water partition coefficient (Wildman–Crippen LogP) is 2.68. The largest absolute Gasteiger partial charge is 0.295 e. The van der Waals surface area contributed by atoms with E-state index < -0.39 is 0 Å². The first-order valence-electron chi connectivity index (χ1n) is 6.76. The molecule has 0 fully saturated rings. The van der Waals surface area contributed by atoms with Gasteiger partial charge in [0.25, 0.3) is 11.8 Å². The number of thioether (sulfide) groups is 1. The van der Waals surface area contributed by atoms with Crippen molar-refractivity contribution in [3.8, 4) is 0 Å². The van der Waals surface area contributed by atoms with E-state index in [1.54, 1.807) is 30.5 Å². The van der Waals surface area contributed by atoms with E-state index in [2.05, 4.69) is 4.98 Å². The highest BCUT2D eigenvalue weighted by Gasteiger charge is 2.35. The van der Waals surface area contributed by atoms with E-state index in [-0.39, 0.29) is 17.7 Å². The van der Waals surface area contributed by atoms with E-state index in [0.29, 0.717) is 11.1 Å². The molecule has 5 nitrogen and oxygen atoms in total. The monoisotopic (exact) mass is 309 g/mol. The molecule has 3 aromatic rings. The smallest absolute Gasteiger partial charge is 0.262 e. The lowest BCUT2D eigenvalue weighted by Gasteiger charge is -2.12. The maximum atomic E-state index is 12.3. The van der Waals surface area contributed by atoms with Gasteiger partial charge in [-0.15, -0.1) is 0 Å². The number of carbonyl (C=O) groups excluding carboxylic acids is 2. The summed E-state index contributed by atoms with van der Waals surface area (Å²) in [5.74, 6) is -0.233. The van der Waals surface area contributed by atoms with Crippen LogP contribution in [-0.4, -0.2) is 32.0 Å². The van der Waals surface area contributed by atoms with Gasteiger partial charge in [0, 0.05) is 6.20 Å². The van der Waals surface area contributed by atoms with Crippen LogP contribution in [0.1, 0.15) is 20.7 Å². The number of hydrogen-bond donors (Lipinski definition) is 0. The zero-order valence-corrected chi connectivity index (χ0v) is 12.3. The van der Waals surface area contributed by atoms with E-state index in [0.717, 1.165) is 10.7 Å². The highest BCUT2D eigenvalue weighted by molar-refractivity contribution is 7.99. The first-order valence-corrected chi connectivity index (χ1v) is 7.74. The third-order valence-corrected chi connectivity index (χ3v) is 4.55. The van der Waals surface area contributed by atoms with Crippen LogP contribution in [0.5, 0.6) is 0 Å². The number of hydrogen-bond acceptors (Lipinski definition) is 4. The normalized spacial score (nSPS) is 13.9. The molecule has 0 saturated heterocycles. The Morgan fingerprint density at radius 2 is 1.64 bits per heavy atom. The van der Waals surface area contributed by atoms with Gasteiger partial charge in [0.15, 0.2) is 5.16 Å². The van der Waals surface area contributed by atoms with Gasteiger partial charge in [-0.3, -0.25) is 18.9 Å². The fourth-order valence-corrected chi connectivity index (χ4v) is 3.42. The molecule has 1 aliphatic rings. The van der Waals surface area contributed by atoms with Crippen molar-refractivity contribution >= 4 is 29.1 Å². The minimum atomic E-state index is -0.242. The third kappa shape index (κ3) is 1.92. The van der Waals surface area contributed by atoms with Crippen molar-refractivity contribution in [3.05, 3.63) is 66.0 Å². The average Bonchev–Trinajstić information content (AvgIpc) is 3.07. The van der Waals surface area contributed by atoms with Crippen LogP contribution in [0.4, 0.5) is 0 Å². The molecule has 0 aliphatic carbocycles. The molecule has 1 aliphatic heterocycles. The van der Waals surface area contributed by atoms with E-state index in [1.807, 2.05) is 28.8 Å². The van der Waals surface area contributed by atoms with Gasteiger partial charge in [-0.05, 0) is 24.3 Å². The van der Waals surface area contributed by atoms with Gasteiger partial charge in [-0.2, -0.15) is 0 Å². The second kappa shape index (κ2) is 4.99. The van der Waals surface area contributed by atoms with E-state index in [1.165, 1.54) is 16.7 Å². The Balaban J connectivity index is 1.58. The molecule has 1 aromatic carbocycles. The van der Waals surface area contributed by atoms with Crippen molar-refractivity contribution in [3.63, 3.8) is 0 Å². The third-order valence-electron chi connectivity index (χ3n) is 3.61. The summed E-state index contributed by atoms with van der Waals surface area (Å²) in [4.78, 5) is 30.2. The summed E-state index contributed by atoms with van der Waals surface area (Å²) >= 11 is 1.37. The number of aromatic nitrogens is 2. The SMILES string of the molecule is O=C1c2ccccc2C(=O)N1CSc1ncc2ccccn12. The minimum absolute atomic E-state index is 0.242. The topological polar surface area (TPSA) is 54.7 Å². The second-order valence-electron chi connectivity index (χ2n) is 4.89. The number of imide groups is 1. The van der Waals surface area contributed by atoms with Crippen LogP contribution >= 0.6 is 11.8 Å². The standard InChI is InChI=1S/C16H11N3O2S/c20-14-12-6-1-2-7-13(12)15(21)19(14)10-22-16-17-9-11-5-3-4-8-18(11)16/h1-9H,10H2. The molecular formula is C16H11N3O2S. The molecule has 0 radical (unpaired) electrons. The predicted molar refractivity (Wildman–Crippen MR) is 82.9 cm³/mol. The number of carbonyl (C=O) groups is 2. The Labute approximate surface area is 130 Å². The van der Waals surface area contributed by atoms with Gasteiger partial charge in [0.2, 0.25) is 0 Å². The number of pyridine rings is 1. The lowest BCUT2D eigenvalue weighted by atomic mass is 10.1. The van der Waals surface area contributed by atoms with Gasteiger partial charge >= 0.3 is 0 Å². The first-order chi connectivity index (χ1) is 10.8. The zero-order valence-electron chi connectivity index (χ0n) is 11.5. The van der Waals surface area contributed by atoms with Crippen LogP contribution in [0.2, 0.25) is 0 Å². The molecule has 22 heavy (non-hydrogen) atoms. The van der Waals surface area contributed by atoms with Crippen molar-refractivity contribution in [1.29, 1.82) is 0 Å². The summed E-state index contributed by atoms with van der Waals surface area (Å²) in [7, 11) is 0. The quantitative estimate of drug-likeness (QED) is 0.551. The van der Waals surface area contributed by atoms with Gasteiger partial charge < -0.3 is 0 Å². The van der Waals surface area contributed by atoms with Gasteiger partial charge in [0.1, 0.15) is 0 Å². The molecule has 0 N–H and O–H groups in total. The molecule has 0 spiro atoms. The minimum Gasteiger partial charge on any atom is -0.295 e. The molecular weight excluding hydrogens is 298 g/mol. The van der Waals surface area contributed by atoms with Crippen molar-refractivity contribution in [2.24, 2.45) is 0 Å². The lowest BCUT2D eigenvalue weighted by molar-refractivity contribution is 0.0684. The van der Waals surface area contributed by atoms with Crippen LogP contribution < -0.4 is 0 Å². The molecule has 0 unspecified atom stereocenters. The van der Waals surface area contributed by atoms with Crippen molar-refractivity contribution < 1.29 is 9.59 Å². The molecule has 108 valence electrons. The summed E-state index contributed by atoms with van der Waals surface area (Å²) in [5.41, 5.74) is 1.93. The first kappa shape index (κ1) is 13.1. The van der Waals surface area contributed by atoms with Gasteiger partial charge in [0.05, 0.1) is 28.7 Å². The number of imidazole rings is 1. The summed E-state index contributed by atoms with van der Waals surface area (Å²) in [5, 5.41) is 0.757. The van der Waals surface area contributed by atoms with Crippen LogP contribution in [0.3, 0.4) is 0 Å². The Morgan fingerprint density at radius 3 is 2.36 bits per heavy atom. The highest BCUT2D eigenvalue weighted by atomic mass is 32.2. The molecule has 2 aromatic heterocycles. The Morgan fingerprint density at radius 1 is 0.955 bits per heavy atom. The van der Waals surface area contributed by atoms with E-state index >= 15 is 0 Å². The number of amides is 2. The second-order valence-corrected chi connectivity index (χ2v) is 5.81. The van der Waals surface area contributed by atoms with Crippen LogP contribution in [0, 0.1) is 0 Å². The van der Waals surface area contributed by atoms with Gasteiger partial charge in [-0.1, -0.05) is 30.0 Å². The maximum Gasteiger partial charge on any atom is 0.262 e. The zero-order chi connectivity index (χ0) is 15.1. The summed E-state index contributed by atoms with van der Waals surface area (Å²) in [6, 6.07) is 12.7. The number of rotatable bonds is 3. The molecule has 0 bridgehead atoms. The maximum absolute atomic E-state index is 12.3. The van der Waals surface area contributed by atoms with Crippen molar-refractivity contribution in [2.45, 2.75) is 5.16 Å². The number of benzene rings is 1. The Bertz CT molecular complexity index is 868. The fraction of sp³-hybridized carbons (Fsp3) is 0.0625. The Kier molecular flexibility index (Phi) is 2.97. The summed E-state index contributed by atoms with van der Waals surface area (Å²) in [6.07, 6.45) is 3.68. The average molecular weight is 309 g/mol. The summed E-state index contributed by atoms with van der Waals surface area (Å²) in [6.45, 7) is 0. The van der Waals surface area contributed by atoms with Crippen LogP contribution in [0.15, 0.2) is 60.0 Å². The molecule has 2 amide bonds. The van der Waals surface area contributed by atoms with E-state index in [4.69, 9.17) is 0 Å². The van der Waals surface area contributed by atoms with E-state index in [9.17, 15) is 9.59 Å². The van der Waals surface area contributed by atoms with Crippen molar-refractivity contribution in [2.75, 3.05) is 5.88 Å². The summed E-state index contributed by atoms with van der Waals surface area (Å²) < 4.78 is 1.93. The molecule has 0 atom stereocenters. The van der Waals surface area contributed by atoms with Crippen LogP contribution in [0.25, 0.3) is 5.52 Å². The van der Waals surface area contributed by atoms with Crippen LogP contribution in [-0.2, 0) is 0 Å². The fourth-order valence-electron chi connectivity index (χ4n) is 2.50. The number of nitrogens with zero attached hydrogens (tertiary/aromatic N) is 3. The van der Waals surface area contributed by atoms with Crippen molar-refractivity contribution in [1.82, 2.24) is 14.3 Å². The lowest BCUT2D eigenvalue weighted by Crippen LogP contribution is -2.29. The molecule has 6 heteroatoms. The highest BCUT2D eigenvalue weighted by Crippen LogP contribution is 2.26. The molecule has 0 saturated carbocycles. The Hall–Kier alpha value is -2.60. The van der Waals surface area contributed by atoms with Gasteiger partial charge in [-0.25, -0.2) is 4.98 Å². The number of fused-ring (bicyclic) bond motifs is 2. The molecule has 3 heterocycles.